The normalized spacial score (nSPS) is 14.7. The zero-order valence-electron chi connectivity index (χ0n) is 32.5. The van der Waals surface area contributed by atoms with Crippen molar-refractivity contribution in [2.24, 2.45) is 0 Å². The Morgan fingerprint density at radius 2 is 1.00 bits per heavy atom. The molecule has 4 heteroatoms. The third kappa shape index (κ3) is 11.4. The summed E-state index contributed by atoms with van der Waals surface area (Å²) in [4.78, 5) is 0. The smallest absolute Gasteiger partial charge is 0.0162 e. The van der Waals surface area contributed by atoms with Crippen LogP contribution >= 0.6 is 0 Å². The van der Waals surface area contributed by atoms with E-state index in [0.29, 0.717) is 0 Å². The predicted molar refractivity (Wildman–Crippen MR) is 222 cm³/mol. The van der Waals surface area contributed by atoms with Gasteiger partial charge < -0.3 is 24.8 Å². The predicted octanol–water partition coefficient (Wildman–Crippen LogP) is 8.99. The van der Waals surface area contributed by atoms with E-state index in [2.05, 4.69) is 137 Å². The Kier molecular flexibility index (Phi) is 17.9. The molecule has 0 bridgehead atoms. The standard InChI is InChI=1S/C23H25.C22H23.C4H10Si.2ClH.Zr/c1-2-17-15-21-9-6-10-22(23(21)16-17)20-13-11-19(12-14-20)18-7-4-3-5-8-18;1-16-14-20-8-5-9-21(22(20)15-16)19-12-10-18(11-13-19)17-6-3-2-4-7-17;1-3-5-4-2;;;/h6,9-16,18H,2-5,7-8H2,1H3;5,8-15,17H,2-4,6-7H2,1H3;3-4H2,1-2H3;2*1H;/q2*-1;;;;+2/p-2. The minimum atomic E-state index is 0. The van der Waals surface area contributed by atoms with Crippen molar-refractivity contribution in [3.8, 4) is 22.3 Å². The Bertz CT molecular complexity index is 1980. The molecule has 0 spiro atoms. The van der Waals surface area contributed by atoms with Gasteiger partial charge in [0.15, 0.2) is 0 Å². The van der Waals surface area contributed by atoms with Crippen molar-refractivity contribution >= 4 is 27.0 Å². The molecular formula is C49H58Cl2SiZr-2. The van der Waals surface area contributed by atoms with E-state index in [1.807, 2.05) is 0 Å². The average Bonchev–Trinajstić information content (AvgIpc) is 3.81. The fourth-order valence-electron chi connectivity index (χ4n) is 8.38. The summed E-state index contributed by atoms with van der Waals surface area (Å²) in [5.41, 5.74) is 11.5. The van der Waals surface area contributed by atoms with Gasteiger partial charge in [0.25, 0.3) is 0 Å². The molecule has 278 valence electrons. The molecule has 2 saturated carbocycles. The Hall–Kier alpha value is -2.22. The monoisotopic (exact) mass is 834 g/mol. The average molecular weight is 837 g/mol. The van der Waals surface area contributed by atoms with Gasteiger partial charge in [-0.15, -0.1) is 69.1 Å². The van der Waals surface area contributed by atoms with E-state index in [0.717, 1.165) is 18.3 Å². The quantitative estimate of drug-likeness (QED) is 0.111. The Balaban J connectivity index is 0.000000199. The van der Waals surface area contributed by atoms with Crippen molar-refractivity contribution in [3.05, 3.63) is 131 Å². The Labute approximate surface area is 348 Å². The van der Waals surface area contributed by atoms with Crippen LogP contribution in [0.3, 0.4) is 0 Å². The van der Waals surface area contributed by atoms with Gasteiger partial charge in [-0.05, 0) is 66.2 Å². The molecule has 2 aliphatic rings. The first kappa shape index (κ1) is 43.5. The first-order valence-corrected chi connectivity index (χ1v) is 25.7. The summed E-state index contributed by atoms with van der Waals surface area (Å²) in [5.74, 6) is 1.58. The second-order valence-corrected chi connectivity index (χ2v) is 22.9. The summed E-state index contributed by atoms with van der Waals surface area (Å²) in [7, 11) is 0. The van der Waals surface area contributed by atoms with Crippen molar-refractivity contribution in [3.63, 3.8) is 0 Å². The molecule has 0 radical (unpaired) electrons. The second kappa shape index (κ2) is 21.8. The van der Waals surface area contributed by atoms with Crippen LogP contribution in [0.4, 0.5) is 0 Å². The van der Waals surface area contributed by atoms with Crippen LogP contribution in [0.25, 0.3) is 43.8 Å². The van der Waals surface area contributed by atoms with Gasteiger partial charge in [0.05, 0.1) is 0 Å². The number of benzene rings is 4. The Morgan fingerprint density at radius 3 is 1.42 bits per heavy atom. The summed E-state index contributed by atoms with van der Waals surface area (Å²) in [6.45, 7) is 9.00. The molecule has 6 aromatic rings. The third-order valence-electron chi connectivity index (χ3n) is 11.6. The summed E-state index contributed by atoms with van der Waals surface area (Å²) < 4.78 is 0. The number of fused-ring (bicyclic) bond motifs is 2. The minimum absolute atomic E-state index is 0. The van der Waals surface area contributed by atoms with Gasteiger partial charge in [0.1, 0.15) is 0 Å². The molecule has 0 amide bonds. The molecule has 8 rings (SSSR count). The number of hydrogen-bond acceptors (Lipinski definition) is 0. The summed E-state index contributed by atoms with van der Waals surface area (Å²) in [6.07, 6.45) is 15.0. The van der Waals surface area contributed by atoms with Crippen LogP contribution in [0.1, 0.15) is 119 Å². The fraction of sp³-hybridized carbons (Fsp3) is 0.388. The van der Waals surface area contributed by atoms with Crippen LogP contribution in [0.15, 0.2) is 109 Å². The topological polar surface area (TPSA) is 0 Å². The molecule has 0 nitrogen and oxygen atoms in total. The van der Waals surface area contributed by atoms with Gasteiger partial charge in [-0.25, -0.2) is 0 Å². The van der Waals surface area contributed by atoms with Crippen LogP contribution in [-0.2, 0) is 29.8 Å². The molecule has 0 N–H and O–H groups in total. The molecule has 0 unspecified atom stereocenters. The molecule has 0 aliphatic heterocycles. The van der Waals surface area contributed by atoms with E-state index in [-0.39, 0.29) is 30.2 Å². The number of hydrogen-bond donors (Lipinski definition) is 0. The van der Waals surface area contributed by atoms with Crippen molar-refractivity contribution < 1.29 is 48.1 Å². The van der Waals surface area contributed by atoms with Gasteiger partial charge in [-0.1, -0.05) is 124 Å². The van der Waals surface area contributed by atoms with Gasteiger partial charge >= 0.3 is 54.7 Å². The van der Waals surface area contributed by atoms with Crippen LogP contribution < -0.4 is 24.8 Å². The molecule has 0 aromatic heterocycles. The molecule has 2 aliphatic carbocycles. The largest absolute Gasteiger partial charge is 1.00 e. The summed E-state index contributed by atoms with van der Waals surface area (Å²) in [6, 6.07) is 44.3. The first-order valence-electron chi connectivity index (χ1n) is 20.1. The first-order chi connectivity index (χ1) is 25.0. The molecule has 0 atom stereocenters. The van der Waals surface area contributed by atoms with Gasteiger partial charge in [0, 0.05) is 0 Å². The van der Waals surface area contributed by atoms with E-state index < -0.39 is 0 Å². The van der Waals surface area contributed by atoms with Crippen LogP contribution in [0.2, 0.25) is 12.1 Å². The van der Waals surface area contributed by atoms with E-state index in [1.54, 1.807) is 23.3 Å². The molecular weight excluding hydrogens is 779 g/mol. The van der Waals surface area contributed by atoms with Crippen LogP contribution in [0, 0.1) is 6.92 Å². The van der Waals surface area contributed by atoms with Crippen LogP contribution in [0.5, 0.6) is 0 Å². The maximum Gasteiger partial charge on any atom is -0.0162 e. The zero-order chi connectivity index (χ0) is 35.6. The maximum absolute atomic E-state index is 2.37. The van der Waals surface area contributed by atoms with Gasteiger partial charge in [-0.3, -0.25) is 0 Å². The van der Waals surface area contributed by atoms with E-state index in [1.165, 1.54) is 142 Å². The zero-order valence-corrected chi connectivity index (χ0v) is 37.5. The fourth-order valence-corrected chi connectivity index (χ4v) is 8.88. The molecule has 0 saturated heterocycles. The molecule has 6 aromatic carbocycles. The van der Waals surface area contributed by atoms with Crippen molar-refractivity contribution in [1.82, 2.24) is 0 Å². The molecule has 0 heterocycles. The number of aryl methyl sites for hydroxylation is 2. The minimum Gasteiger partial charge on any atom is -1.00 e. The van der Waals surface area contributed by atoms with Gasteiger partial charge in [0.2, 0.25) is 0 Å². The number of halogens is 2. The third-order valence-corrected chi connectivity index (χ3v) is 18.5. The second-order valence-electron chi connectivity index (χ2n) is 15.1. The van der Waals surface area contributed by atoms with E-state index in [9.17, 15) is 0 Å². The molecule has 2 fully saturated rings. The summed E-state index contributed by atoms with van der Waals surface area (Å²) >= 11 is 1.80. The van der Waals surface area contributed by atoms with E-state index in [4.69, 9.17) is 0 Å². The van der Waals surface area contributed by atoms with Crippen LogP contribution in [-0.4, -0.2) is 5.43 Å². The maximum atomic E-state index is 2.37. The van der Waals surface area contributed by atoms with Gasteiger partial charge in [-0.2, -0.15) is 12.1 Å². The van der Waals surface area contributed by atoms with Crippen molar-refractivity contribution in [2.45, 2.75) is 122 Å². The SMILES string of the molecule is CC[Si](=[Zr+2])CC.CCc1cc2c(-c3ccc(C4CCCCC4)cc3)cccc2[cH-]1.Cc1cc2c(-c3ccc(C4CCCCC4)cc3)cccc2[cH-]1.[Cl-].[Cl-]. The number of rotatable bonds is 7. The summed E-state index contributed by atoms with van der Waals surface area (Å²) in [5, 5.41) is 5.50. The Morgan fingerprint density at radius 1 is 0.566 bits per heavy atom. The van der Waals surface area contributed by atoms with Crippen molar-refractivity contribution in [1.29, 1.82) is 0 Å². The van der Waals surface area contributed by atoms with Crippen molar-refractivity contribution in [2.75, 3.05) is 0 Å². The van der Waals surface area contributed by atoms with E-state index >= 15 is 0 Å². The molecule has 53 heavy (non-hydrogen) atoms.